The van der Waals surface area contributed by atoms with Gasteiger partial charge in [-0.15, -0.1) is 0 Å². The number of rotatable bonds is 3. The fourth-order valence-corrected chi connectivity index (χ4v) is 1.85. The van der Waals surface area contributed by atoms with Crippen LogP contribution < -0.4 is 5.32 Å². The maximum absolute atomic E-state index is 11.6. The summed E-state index contributed by atoms with van der Waals surface area (Å²) >= 11 is 0. The standard InChI is InChI=1S/C11H17NO3/c1-8-4-5-10(15-8)11(13)12-7-9-3-2-6-14-9/h4-5,8-10H,2-3,6-7H2,1H3,(H,12,13). The van der Waals surface area contributed by atoms with Crippen LogP contribution in [-0.2, 0) is 14.3 Å². The average Bonchev–Trinajstić information content (AvgIpc) is 2.84. The van der Waals surface area contributed by atoms with Crippen LogP contribution in [0.1, 0.15) is 19.8 Å². The highest BCUT2D eigenvalue weighted by Gasteiger charge is 2.24. The Hall–Kier alpha value is -0.870. The van der Waals surface area contributed by atoms with Gasteiger partial charge in [0.25, 0.3) is 5.91 Å². The van der Waals surface area contributed by atoms with Crippen molar-refractivity contribution in [2.24, 2.45) is 0 Å². The average molecular weight is 211 g/mol. The Bertz CT molecular complexity index is 259. The largest absolute Gasteiger partial charge is 0.376 e. The van der Waals surface area contributed by atoms with Crippen molar-refractivity contribution in [2.75, 3.05) is 13.2 Å². The van der Waals surface area contributed by atoms with Crippen molar-refractivity contribution < 1.29 is 14.3 Å². The van der Waals surface area contributed by atoms with Crippen molar-refractivity contribution >= 4 is 5.91 Å². The first-order valence-electron chi connectivity index (χ1n) is 5.49. The van der Waals surface area contributed by atoms with Gasteiger partial charge in [0.05, 0.1) is 12.2 Å². The molecule has 0 bridgehead atoms. The molecule has 84 valence electrons. The Morgan fingerprint density at radius 1 is 1.53 bits per heavy atom. The van der Waals surface area contributed by atoms with Crippen LogP contribution in [0.2, 0.25) is 0 Å². The first-order chi connectivity index (χ1) is 7.25. The van der Waals surface area contributed by atoms with Crippen molar-refractivity contribution in [3.05, 3.63) is 12.2 Å². The van der Waals surface area contributed by atoms with Gasteiger partial charge in [-0.1, -0.05) is 6.08 Å². The van der Waals surface area contributed by atoms with Crippen molar-refractivity contribution in [2.45, 2.75) is 38.1 Å². The Morgan fingerprint density at radius 3 is 3.00 bits per heavy atom. The van der Waals surface area contributed by atoms with Crippen LogP contribution in [0.4, 0.5) is 0 Å². The van der Waals surface area contributed by atoms with Crippen molar-refractivity contribution in [3.63, 3.8) is 0 Å². The molecule has 2 heterocycles. The normalized spacial score (nSPS) is 34.6. The molecule has 1 saturated heterocycles. The summed E-state index contributed by atoms with van der Waals surface area (Å²) in [5.41, 5.74) is 0. The highest BCUT2D eigenvalue weighted by Crippen LogP contribution is 2.12. The van der Waals surface area contributed by atoms with Crippen molar-refractivity contribution in [1.82, 2.24) is 5.32 Å². The molecule has 0 saturated carbocycles. The molecule has 0 aliphatic carbocycles. The van der Waals surface area contributed by atoms with E-state index in [4.69, 9.17) is 9.47 Å². The third-order valence-electron chi connectivity index (χ3n) is 2.70. The van der Waals surface area contributed by atoms with Gasteiger partial charge in [-0.2, -0.15) is 0 Å². The number of hydrogen-bond acceptors (Lipinski definition) is 3. The molecule has 15 heavy (non-hydrogen) atoms. The molecule has 4 heteroatoms. The van der Waals surface area contributed by atoms with E-state index in [1.54, 1.807) is 6.08 Å². The van der Waals surface area contributed by atoms with Crippen LogP contribution in [0.15, 0.2) is 12.2 Å². The Morgan fingerprint density at radius 2 is 2.40 bits per heavy atom. The first kappa shape index (κ1) is 10.6. The number of carbonyl (C=O) groups is 1. The molecule has 2 rings (SSSR count). The van der Waals surface area contributed by atoms with Gasteiger partial charge in [0.1, 0.15) is 0 Å². The monoisotopic (exact) mass is 211 g/mol. The van der Waals surface area contributed by atoms with Gasteiger partial charge < -0.3 is 14.8 Å². The second-order valence-corrected chi connectivity index (χ2v) is 4.03. The first-order valence-corrected chi connectivity index (χ1v) is 5.49. The number of hydrogen-bond donors (Lipinski definition) is 1. The quantitative estimate of drug-likeness (QED) is 0.696. The minimum Gasteiger partial charge on any atom is -0.376 e. The maximum atomic E-state index is 11.6. The second-order valence-electron chi connectivity index (χ2n) is 4.03. The van der Waals surface area contributed by atoms with Crippen molar-refractivity contribution in [1.29, 1.82) is 0 Å². The molecule has 3 unspecified atom stereocenters. The van der Waals surface area contributed by atoms with Crippen LogP contribution in [0.3, 0.4) is 0 Å². The van der Waals surface area contributed by atoms with Gasteiger partial charge in [-0.25, -0.2) is 0 Å². The van der Waals surface area contributed by atoms with Gasteiger partial charge in [-0.3, -0.25) is 4.79 Å². The van der Waals surface area contributed by atoms with E-state index in [9.17, 15) is 4.79 Å². The van der Waals surface area contributed by atoms with Crippen LogP contribution in [0, 0.1) is 0 Å². The zero-order valence-corrected chi connectivity index (χ0v) is 8.94. The lowest BCUT2D eigenvalue weighted by Gasteiger charge is -2.14. The maximum Gasteiger partial charge on any atom is 0.253 e. The third kappa shape index (κ3) is 2.79. The molecule has 1 amide bonds. The summed E-state index contributed by atoms with van der Waals surface area (Å²) in [6, 6.07) is 0. The summed E-state index contributed by atoms with van der Waals surface area (Å²) in [6.07, 6.45) is 5.66. The number of ether oxygens (including phenoxy) is 2. The molecule has 0 aromatic rings. The lowest BCUT2D eigenvalue weighted by Crippen LogP contribution is -2.38. The van der Waals surface area contributed by atoms with Gasteiger partial charge in [0.2, 0.25) is 0 Å². The lowest BCUT2D eigenvalue weighted by atomic mass is 10.2. The molecule has 2 aliphatic rings. The molecule has 0 aromatic heterocycles. The summed E-state index contributed by atoms with van der Waals surface area (Å²) in [5.74, 6) is -0.0638. The Labute approximate surface area is 89.6 Å². The Kier molecular flexibility index (Phi) is 3.38. The number of carbonyl (C=O) groups excluding carboxylic acids is 1. The summed E-state index contributed by atoms with van der Waals surface area (Å²) in [5, 5.41) is 2.85. The summed E-state index contributed by atoms with van der Waals surface area (Å²) in [7, 11) is 0. The summed E-state index contributed by atoms with van der Waals surface area (Å²) < 4.78 is 10.8. The molecule has 1 N–H and O–H groups in total. The Balaban J connectivity index is 1.70. The SMILES string of the molecule is CC1C=CC(C(=O)NCC2CCCO2)O1. The molecular weight excluding hydrogens is 194 g/mol. The molecule has 0 aromatic carbocycles. The van der Waals surface area contributed by atoms with E-state index in [0.29, 0.717) is 6.54 Å². The van der Waals surface area contributed by atoms with Crippen molar-refractivity contribution in [3.8, 4) is 0 Å². The van der Waals surface area contributed by atoms with Gasteiger partial charge >= 0.3 is 0 Å². The minimum atomic E-state index is -0.415. The van der Waals surface area contributed by atoms with E-state index in [1.165, 1.54) is 0 Å². The van der Waals surface area contributed by atoms with Crippen LogP contribution in [0.25, 0.3) is 0 Å². The second kappa shape index (κ2) is 4.77. The summed E-state index contributed by atoms with van der Waals surface area (Å²) in [4.78, 5) is 11.6. The van der Waals surface area contributed by atoms with Gasteiger partial charge in [-0.05, 0) is 25.8 Å². The highest BCUT2D eigenvalue weighted by atomic mass is 16.5. The zero-order valence-electron chi connectivity index (χ0n) is 8.94. The van der Waals surface area contributed by atoms with E-state index >= 15 is 0 Å². The molecule has 3 atom stereocenters. The molecular formula is C11H17NO3. The molecule has 0 spiro atoms. The van der Waals surface area contributed by atoms with E-state index in [1.807, 2.05) is 13.0 Å². The molecule has 0 radical (unpaired) electrons. The molecule has 1 fully saturated rings. The zero-order chi connectivity index (χ0) is 10.7. The number of amides is 1. The van der Waals surface area contributed by atoms with E-state index in [0.717, 1.165) is 19.4 Å². The summed E-state index contributed by atoms with van der Waals surface area (Å²) in [6.45, 7) is 3.34. The topological polar surface area (TPSA) is 47.6 Å². The molecule has 4 nitrogen and oxygen atoms in total. The fraction of sp³-hybridized carbons (Fsp3) is 0.727. The lowest BCUT2D eigenvalue weighted by molar-refractivity contribution is -0.130. The van der Waals surface area contributed by atoms with Crippen LogP contribution in [0.5, 0.6) is 0 Å². The van der Waals surface area contributed by atoms with Crippen LogP contribution >= 0.6 is 0 Å². The predicted octanol–water partition coefficient (Wildman–Crippen LogP) is 0.625. The number of nitrogens with one attached hydrogen (secondary N) is 1. The fourth-order valence-electron chi connectivity index (χ4n) is 1.85. The van der Waals surface area contributed by atoms with Gasteiger partial charge in [0.15, 0.2) is 6.10 Å². The third-order valence-corrected chi connectivity index (χ3v) is 2.70. The minimum absolute atomic E-state index is 0.0449. The van der Waals surface area contributed by atoms with E-state index in [-0.39, 0.29) is 18.1 Å². The van der Waals surface area contributed by atoms with Gasteiger partial charge in [0, 0.05) is 13.2 Å². The highest BCUT2D eigenvalue weighted by molar-refractivity contribution is 5.83. The predicted molar refractivity (Wildman–Crippen MR) is 55.5 cm³/mol. The van der Waals surface area contributed by atoms with Crippen LogP contribution in [-0.4, -0.2) is 37.4 Å². The molecule has 2 aliphatic heterocycles. The smallest absolute Gasteiger partial charge is 0.253 e. The van der Waals surface area contributed by atoms with E-state index < -0.39 is 6.10 Å². The van der Waals surface area contributed by atoms with E-state index in [2.05, 4.69) is 5.32 Å².